The fourth-order valence-corrected chi connectivity index (χ4v) is 4.65. The summed E-state index contributed by atoms with van der Waals surface area (Å²) in [4.78, 5) is 9.13. The maximum Gasteiger partial charge on any atom is 0.246 e. The number of hydrogen-bond acceptors (Lipinski definition) is 6. The lowest BCUT2D eigenvalue weighted by Crippen LogP contribution is -2.28. The van der Waals surface area contributed by atoms with Gasteiger partial charge in [0.15, 0.2) is 0 Å². The lowest BCUT2D eigenvalue weighted by atomic mass is 9.95. The standard InChI is InChI=1S/C21H24N4O3S/c1-29(27,28)25(16-10-7-11-17(26)14-16)21-23-19-13-6-5-12-18(19)20(24-21)22-15-8-3-2-4-9-15/h5-7,10-15,26H,2-4,8-9H2,1H3,(H,22,23,24). The Kier molecular flexibility index (Phi) is 5.27. The number of benzene rings is 2. The molecule has 1 aliphatic carbocycles. The minimum absolute atomic E-state index is 0.0301. The molecule has 29 heavy (non-hydrogen) atoms. The number of aromatic hydroxyl groups is 1. The first-order chi connectivity index (χ1) is 13.9. The molecule has 0 spiro atoms. The molecule has 1 aromatic heterocycles. The summed E-state index contributed by atoms with van der Waals surface area (Å²) in [6.07, 6.45) is 6.82. The molecule has 0 aliphatic heterocycles. The number of phenolic OH excluding ortho intramolecular Hbond substituents is 1. The first-order valence-corrected chi connectivity index (χ1v) is 11.6. The number of aromatic nitrogens is 2. The monoisotopic (exact) mass is 412 g/mol. The van der Waals surface area contributed by atoms with Gasteiger partial charge in [-0.3, -0.25) is 0 Å². The molecular weight excluding hydrogens is 388 g/mol. The molecule has 0 unspecified atom stereocenters. The van der Waals surface area contributed by atoms with Crippen molar-refractivity contribution in [3.05, 3.63) is 48.5 Å². The molecule has 0 radical (unpaired) electrons. The van der Waals surface area contributed by atoms with E-state index in [0.29, 0.717) is 17.4 Å². The molecule has 0 atom stereocenters. The van der Waals surface area contributed by atoms with Gasteiger partial charge in [0.25, 0.3) is 0 Å². The second kappa shape index (κ2) is 7.87. The fourth-order valence-electron chi connectivity index (χ4n) is 3.78. The van der Waals surface area contributed by atoms with Gasteiger partial charge >= 0.3 is 0 Å². The highest BCUT2D eigenvalue weighted by atomic mass is 32.2. The number of phenols is 1. The average Bonchev–Trinajstić information content (AvgIpc) is 2.68. The van der Waals surface area contributed by atoms with Gasteiger partial charge < -0.3 is 10.4 Å². The van der Waals surface area contributed by atoms with Crippen LogP contribution in [0.25, 0.3) is 10.9 Å². The highest BCUT2D eigenvalue weighted by molar-refractivity contribution is 7.92. The smallest absolute Gasteiger partial charge is 0.246 e. The Labute approximate surface area is 170 Å². The van der Waals surface area contributed by atoms with Crippen molar-refractivity contribution in [1.82, 2.24) is 9.97 Å². The second-order valence-electron chi connectivity index (χ2n) is 7.42. The molecule has 0 amide bonds. The predicted octanol–water partition coefficient (Wildman–Crippen LogP) is 4.18. The number of hydrogen-bond donors (Lipinski definition) is 2. The van der Waals surface area contributed by atoms with Crippen molar-refractivity contribution in [3.63, 3.8) is 0 Å². The van der Waals surface area contributed by atoms with E-state index >= 15 is 0 Å². The lowest BCUT2D eigenvalue weighted by molar-refractivity contribution is 0.462. The third-order valence-corrected chi connectivity index (χ3v) is 6.15. The van der Waals surface area contributed by atoms with Crippen LogP contribution in [0, 0.1) is 0 Å². The quantitative estimate of drug-likeness (QED) is 0.653. The molecule has 2 aromatic carbocycles. The second-order valence-corrected chi connectivity index (χ2v) is 9.25. The van der Waals surface area contributed by atoms with Gasteiger partial charge in [-0.15, -0.1) is 0 Å². The van der Waals surface area contributed by atoms with Crippen molar-refractivity contribution in [1.29, 1.82) is 0 Å². The largest absolute Gasteiger partial charge is 0.508 e. The molecule has 1 fully saturated rings. The maximum absolute atomic E-state index is 12.6. The van der Waals surface area contributed by atoms with Crippen molar-refractivity contribution in [2.75, 3.05) is 15.9 Å². The van der Waals surface area contributed by atoms with E-state index in [2.05, 4.69) is 15.3 Å². The Morgan fingerprint density at radius 2 is 1.79 bits per heavy atom. The first kappa shape index (κ1) is 19.4. The van der Waals surface area contributed by atoms with Crippen LogP contribution in [0.1, 0.15) is 32.1 Å². The van der Waals surface area contributed by atoms with E-state index in [1.807, 2.05) is 24.3 Å². The molecule has 2 N–H and O–H groups in total. The molecule has 1 aliphatic rings. The van der Waals surface area contributed by atoms with Crippen molar-refractivity contribution >= 4 is 38.4 Å². The topological polar surface area (TPSA) is 95.4 Å². The molecule has 152 valence electrons. The summed E-state index contributed by atoms with van der Waals surface area (Å²) in [5.41, 5.74) is 0.941. The molecule has 1 heterocycles. The zero-order valence-electron chi connectivity index (χ0n) is 16.2. The van der Waals surface area contributed by atoms with Crippen molar-refractivity contribution in [2.24, 2.45) is 0 Å². The van der Waals surface area contributed by atoms with E-state index in [1.165, 1.54) is 31.4 Å². The van der Waals surface area contributed by atoms with Crippen LogP contribution in [0.5, 0.6) is 5.75 Å². The van der Waals surface area contributed by atoms with Crippen LogP contribution in [-0.4, -0.2) is 35.8 Å². The highest BCUT2D eigenvalue weighted by Gasteiger charge is 2.25. The molecule has 8 heteroatoms. The summed E-state index contributed by atoms with van der Waals surface area (Å²) in [7, 11) is -3.74. The summed E-state index contributed by atoms with van der Waals surface area (Å²) in [6, 6.07) is 13.9. The van der Waals surface area contributed by atoms with Crippen molar-refractivity contribution in [2.45, 2.75) is 38.1 Å². The van der Waals surface area contributed by atoms with E-state index in [1.54, 1.807) is 12.1 Å². The van der Waals surface area contributed by atoms with Crippen LogP contribution in [0.2, 0.25) is 0 Å². The van der Waals surface area contributed by atoms with Gasteiger partial charge in [0.1, 0.15) is 11.6 Å². The number of para-hydroxylation sites is 1. The Bertz CT molecular complexity index is 1130. The van der Waals surface area contributed by atoms with Gasteiger partial charge in [-0.05, 0) is 37.1 Å². The first-order valence-electron chi connectivity index (χ1n) is 9.74. The number of anilines is 3. The Hall–Kier alpha value is -2.87. The van der Waals surface area contributed by atoms with Crippen LogP contribution >= 0.6 is 0 Å². The van der Waals surface area contributed by atoms with E-state index in [0.717, 1.165) is 28.8 Å². The van der Waals surface area contributed by atoms with E-state index in [-0.39, 0.29) is 17.4 Å². The van der Waals surface area contributed by atoms with Crippen LogP contribution in [0.3, 0.4) is 0 Å². The van der Waals surface area contributed by atoms with Gasteiger partial charge in [0.05, 0.1) is 17.5 Å². The molecule has 7 nitrogen and oxygen atoms in total. The highest BCUT2D eigenvalue weighted by Crippen LogP contribution is 2.32. The third-order valence-electron chi connectivity index (χ3n) is 5.11. The van der Waals surface area contributed by atoms with Crippen LogP contribution in [0.4, 0.5) is 17.5 Å². The van der Waals surface area contributed by atoms with Gasteiger partial charge in [-0.1, -0.05) is 37.5 Å². The minimum Gasteiger partial charge on any atom is -0.508 e. The maximum atomic E-state index is 12.6. The SMILES string of the molecule is CS(=O)(=O)N(c1cccc(O)c1)c1nc(NC2CCCCC2)c2ccccc2n1. The molecular formula is C21H24N4O3S. The number of nitrogens with one attached hydrogen (secondary N) is 1. The van der Waals surface area contributed by atoms with Gasteiger partial charge in [0, 0.05) is 17.5 Å². The minimum atomic E-state index is -3.74. The summed E-state index contributed by atoms with van der Waals surface area (Å²) in [6.45, 7) is 0. The summed E-state index contributed by atoms with van der Waals surface area (Å²) in [5, 5.41) is 14.2. The number of sulfonamides is 1. The number of rotatable bonds is 5. The Morgan fingerprint density at radius 1 is 1.03 bits per heavy atom. The zero-order chi connectivity index (χ0) is 20.4. The van der Waals surface area contributed by atoms with Crippen LogP contribution in [-0.2, 0) is 10.0 Å². The van der Waals surface area contributed by atoms with Gasteiger partial charge in [-0.25, -0.2) is 17.7 Å². The van der Waals surface area contributed by atoms with Gasteiger partial charge in [0.2, 0.25) is 16.0 Å². The predicted molar refractivity (Wildman–Crippen MR) is 115 cm³/mol. The summed E-state index contributed by atoms with van der Waals surface area (Å²) in [5.74, 6) is 0.652. The zero-order valence-corrected chi connectivity index (χ0v) is 17.1. The molecule has 1 saturated carbocycles. The fraction of sp³-hybridized carbons (Fsp3) is 0.333. The normalized spacial score (nSPS) is 15.3. The number of fused-ring (bicyclic) bond motifs is 1. The molecule has 4 rings (SSSR count). The van der Waals surface area contributed by atoms with Crippen LogP contribution < -0.4 is 9.62 Å². The summed E-state index contributed by atoms with van der Waals surface area (Å²) < 4.78 is 26.3. The van der Waals surface area contributed by atoms with Crippen LogP contribution in [0.15, 0.2) is 48.5 Å². The van der Waals surface area contributed by atoms with E-state index in [9.17, 15) is 13.5 Å². The van der Waals surface area contributed by atoms with E-state index in [4.69, 9.17) is 0 Å². The Balaban J connectivity index is 1.85. The van der Waals surface area contributed by atoms with Crippen molar-refractivity contribution < 1.29 is 13.5 Å². The molecule has 3 aromatic rings. The summed E-state index contributed by atoms with van der Waals surface area (Å²) >= 11 is 0. The van der Waals surface area contributed by atoms with Gasteiger partial charge in [-0.2, -0.15) is 4.98 Å². The third kappa shape index (κ3) is 4.27. The molecule has 0 bridgehead atoms. The lowest BCUT2D eigenvalue weighted by Gasteiger charge is -2.25. The Morgan fingerprint density at radius 3 is 2.52 bits per heavy atom. The average molecular weight is 413 g/mol. The van der Waals surface area contributed by atoms with E-state index < -0.39 is 10.0 Å². The van der Waals surface area contributed by atoms with Crippen molar-refractivity contribution in [3.8, 4) is 5.75 Å². The number of nitrogens with zero attached hydrogens (tertiary/aromatic N) is 3. The molecule has 0 saturated heterocycles.